The highest BCUT2D eigenvalue weighted by Gasteiger charge is 2.19. The third-order valence-corrected chi connectivity index (χ3v) is 4.64. The predicted molar refractivity (Wildman–Crippen MR) is 94.5 cm³/mol. The lowest BCUT2D eigenvalue weighted by Crippen LogP contribution is -2.34. The number of methoxy groups -OCH3 is 1. The molecule has 0 amide bonds. The maximum Gasteiger partial charge on any atom is 0.123 e. The van der Waals surface area contributed by atoms with Crippen molar-refractivity contribution in [3.8, 4) is 5.75 Å². The summed E-state index contributed by atoms with van der Waals surface area (Å²) in [5.74, 6) is 1.88. The van der Waals surface area contributed by atoms with Gasteiger partial charge in [-0.1, -0.05) is 15.9 Å². The molecule has 0 radical (unpaired) electrons. The van der Waals surface area contributed by atoms with Crippen LogP contribution in [0.15, 0.2) is 22.7 Å². The Morgan fingerprint density at radius 1 is 1.33 bits per heavy atom. The third kappa shape index (κ3) is 5.78. The highest BCUT2D eigenvalue weighted by molar-refractivity contribution is 9.10. The summed E-state index contributed by atoms with van der Waals surface area (Å²) in [6, 6.07) is 6.25. The Morgan fingerprint density at radius 2 is 2.05 bits per heavy atom. The molecule has 0 atom stereocenters. The standard InChI is InChI=1S/C16H25BrN2O.ClH/c1-18-8-5-13-6-9-19(10-7-13)12-14-11-15(17)3-4-16(14)20-2;/h3-4,11,13,18H,5-10,12H2,1-2H3;1H. The van der Waals surface area contributed by atoms with Crippen molar-refractivity contribution in [2.45, 2.75) is 25.8 Å². The molecule has 5 heteroatoms. The Hall–Kier alpha value is -0.290. The van der Waals surface area contributed by atoms with Crippen molar-refractivity contribution in [3.05, 3.63) is 28.2 Å². The SMILES string of the molecule is CNCCC1CCN(Cc2cc(Br)ccc2OC)CC1.Cl. The molecule has 0 bridgehead atoms. The van der Waals surface area contributed by atoms with Gasteiger partial charge in [-0.3, -0.25) is 4.90 Å². The van der Waals surface area contributed by atoms with Gasteiger partial charge >= 0.3 is 0 Å². The van der Waals surface area contributed by atoms with Crippen molar-refractivity contribution in [2.24, 2.45) is 5.92 Å². The first-order valence-corrected chi connectivity index (χ1v) is 8.21. The molecule has 1 aliphatic rings. The molecule has 1 heterocycles. The second-order valence-electron chi connectivity index (χ2n) is 5.57. The number of hydrogen-bond donors (Lipinski definition) is 1. The molecule has 1 aliphatic heterocycles. The average Bonchev–Trinajstić information content (AvgIpc) is 2.47. The second-order valence-corrected chi connectivity index (χ2v) is 6.48. The zero-order valence-corrected chi connectivity index (χ0v) is 15.3. The monoisotopic (exact) mass is 376 g/mol. The predicted octanol–water partition coefficient (Wildman–Crippen LogP) is 3.70. The van der Waals surface area contributed by atoms with E-state index in [1.165, 1.54) is 37.9 Å². The van der Waals surface area contributed by atoms with Crippen LogP contribution in [0.25, 0.3) is 0 Å². The van der Waals surface area contributed by atoms with E-state index in [2.05, 4.69) is 32.2 Å². The fraction of sp³-hybridized carbons (Fsp3) is 0.625. The van der Waals surface area contributed by atoms with Gasteiger partial charge in [-0.25, -0.2) is 0 Å². The maximum atomic E-state index is 5.46. The van der Waals surface area contributed by atoms with Gasteiger partial charge in [-0.15, -0.1) is 12.4 Å². The summed E-state index contributed by atoms with van der Waals surface area (Å²) in [7, 11) is 3.78. The van der Waals surface area contributed by atoms with Gasteiger partial charge in [-0.05, 0) is 70.1 Å². The first-order chi connectivity index (χ1) is 9.72. The number of halogens is 2. The van der Waals surface area contributed by atoms with Gasteiger partial charge in [0.15, 0.2) is 0 Å². The summed E-state index contributed by atoms with van der Waals surface area (Å²) in [4.78, 5) is 2.54. The van der Waals surface area contributed by atoms with Crippen LogP contribution in [0.2, 0.25) is 0 Å². The van der Waals surface area contributed by atoms with Crippen molar-refractivity contribution in [3.63, 3.8) is 0 Å². The van der Waals surface area contributed by atoms with Crippen LogP contribution in [0.4, 0.5) is 0 Å². The zero-order chi connectivity index (χ0) is 14.4. The molecule has 3 nitrogen and oxygen atoms in total. The Bertz CT molecular complexity index is 423. The van der Waals surface area contributed by atoms with E-state index in [0.717, 1.165) is 29.2 Å². The van der Waals surface area contributed by atoms with Crippen molar-refractivity contribution < 1.29 is 4.74 Å². The lowest BCUT2D eigenvalue weighted by atomic mass is 9.93. The molecule has 2 rings (SSSR count). The summed E-state index contributed by atoms with van der Waals surface area (Å²) in [5, 5.41) is 3.25. The molecule has 0 aromatic heterocycles. The van der Waals surface area contributed by atoms with Gasteiger partial charge in [0, 0.05) is 16.6 Å². The van der Waals surface area contributed by atoms with E-state index in [0.29, 0.717) is 0 Å². The summed E-state index contributed by atoms with van der Waals surface area (Å²) >= 11 is 3.55. The first-order valence-electron chi connectivity index (χ1n) is 7.42. The highest BCUT2D eigenvalue weighted by atomic mass is 79.9. The number of hydrogen-bond acceptors (Lipinski definition) is 3. The normalized spacial score (nSPS) is 16.5. The van der Waals surface area contributed by atoms with Crippen molar-refractivity contribution in [2.75, 3.05) is 33.8 Å². The Morgan fingerprint density at radius 3 is 2.67 bits per heavy atom. The Kier molecular flexibility index (Phi) is 8.64. The van der Waals surface area contributed by atoms with E-state index < -0.39 is 0 Å². The summed E-state index contributed by atoms with van der Waals surface area (Å²) < 4.78 is 6.58. The third-order valence-electron chi connectivity index (χ3n) is 4.15. The highest BCUT2D eigenvalue weighted by Crippen LogP contribution is 2.27. The zero-order valence-electron chi connectivity index (χ0n) is 12.9. The molecule has 1 saturated heterocycles. The van der Waals surface area contributed by atoms with Crippen LogP contribution in [0.5, 0.6) is 5.75 Å². The molecule has 0 spiro atoms. The topological polar surface area (TPSA) is 24.5 Å². The lowest BCUT2D eigenvalue weighted by Gasteiger charge is -2.32. The van der Waals surface area contributed by atoms with Gasteiger partial charge in [0.25, 0.3) is 0 Å². The van der Waals surface area contributed by atoms with Crippen LogP contribution in [-0.4, -0.2) is 38.7 Å². The smallest absolute Gasteiger partial charge is 0.123 e. The fourth-order valence-electron chi connectivity index (χ4n) is 2.89. The van der Waals surface area contributed by atoms with Gasteiger partial charge < -0.3 is 10.1 Å². The number of ether oxygens (including phenoxy) is 1. The number of benzene rings is 1. The van der Waals surface area contributed by atoms with Crippen LogP contribution >= 0.6 is 28.3 Å². The van der Waals surface area contributed by atoms with E-state index in [1.807, 2.05) is 19.2 Å². The van der Waals surface area contributed by atoms with E-state index in [-0.39, 0.29) is 12.4 Å². The van der Waals surface area contributed by atoms with Gasteiger partial charge in [0.1, 0.15) is 5.75 Å². The van der Waals surface area contributed by atoms with Crippen molar-refractivity contribution in [1.82, 2.24) is 10.2 Å². The molecule has 0 aliphatic carbocycles. The quantitative estimate of drug-likeness (QED) is 0.818. The molecule has 0 saturated carbocycles. The van der Waals surface area contributed by atoms with Gasteiger partial charge in [0.2, 0.25) is 0 Å². The molecule has 21 heavy (non-hydrogen) atoms. The Balaban J connectivity index is 0.00000220. The van der Waals surface area contributed by atoms with Crippen LogP contribution in [0.3, 0.4) is 0 Å². The minimum atomic E-state index is 0. The maximum absolute atomic E-state index is 5.46. The minimum Gasteiger partial charge on any atom is -0.496 e. The molecule has 120 valence electrons. The summed E-state index contributed by atoms with van der Waals surface area (Å²) in [6.45, 7) is 4.53. The molecular weight excluding hydrogens is 352 g/mol. The van der Waals surface area contributed by atoms with Crippen molar-refractivity contribution in [1.29, 1.82) is 0 Å². The number of nitrogens with one attached hydrogen (secondary N) is 1. The number of rotatable bonds is 6. The number of likely N-dealkylation sites (tertiary alicyclic amines) is 1. The molecule has 1 aromatic rings. The number of piperidine rings is 1. The molecule has 0 unspecified atom stereocenters. The van der Waals surface area contributed by atoms with Crippen LogP contribution in [-0.2, 0) is 6.54 Å². The van der Waals surface area contributed by atoms with Crippen molar-refractivity contribution >= 4 is 28.3 Å². The van der Waals surface area contributed by atoms with E-state index in [4.69, 9.17) is 4.74 Å². The second kappa shape index (κ2) is 9.67. The van der Waals surface area contributed by atoms with E-state index in [9.17, 15) is 0 Å². The van der Waals surface area contributed by atoms with E-state index in [1.54, 1.807) is 7.11 Å². The Labute approximate surface area is 143 Å². The summed E-state index contributed by atoms with van der Waals surface area (Å²) in [6.07, 6.45) is 3.94. The van der Waals surface area contributed by atoms with Crippen LogP contribution < -0.4 is 10.1 Å². The summed E-state index contributed by atoms with van der Waals surface area (Å²) in [5.41, 5.74) is 1.27. The van der Waals surface area contributed by atoms with Crippen LogP contribution in [0, 0.1) is 5.92 Å². The fourth-order valence-corrected chi connectivity index (χ4v) is 3.30. The first kappa shape index (κ1) is 18.8. The lowest BCUT2D eigenvalue weighted by molar-refractivity contribution is 0.171. The molecular formula is C16H26BrClN2O. The van der Waals surface area contributed by atoms with E-state index >= 15 is 0 Å². The largest absolute Gasteiger partial charge is 0.496 e. The minimum absolute atomic E-state index is 0. The molecule has 1 aromatic carbocycles. The molecule has 1 fully saturated rings. The number of nitrogens with zero attached hydrogens (tertiary/aromatic N) is 1. The van der Waals surface area contributed by atoms with Gasteiger partial charge in [-0.2, -0.15) is 0 Å². The molecule has 1 N–H and O–H groups in total. The van der Waals surface area contributed by atoms with Crippen LogP contribution in [0.1, 0.15) is 24.8 Å². The van der Waals surface area contributed by atoms with Gasteiger partial charge in [0.05, 0.1) is 7.11 Å². The average molecular weight is 378 g/mol.